The van der Waals surface area contributed by atoms with Crippen molar-refractivity contribution in [2.45, 2.75) is 50.6 Å². The van der Waals surface area contributed by atoms with Crippen LogP contribution in [0, 0.1) is 5.41 Å². The summed E-state index contributed by atoms with van der Waals surface area (Å²) in [6.07, 6.45) is -3.32. The smallest absolute Gasteiger partial charge is 0.450 e. The van der Waals surface area contributed by atoms with Crippen molar-refractivity contribution in [3.8, 4) is 11.1 Å². The van der Waals surface area contributed by atoms with Crippen LogP contribution in [0.3, 0.4) is 0 Å². The molecular weight excluding hydrogens is 421 g/mol. The first-order valence-corrected chi connectivity index (χ1v) is 10.6. The molecule has 0 saturated heterocycles. The number of benzene rings is 2. The average Bonchev–Trinajstić information content (AvgIpc) is 3.45. The van der Waals surface area contributed by atoms with Crippen LogP contribution in [0.2, 0.25) is 0 Å². The molecule has 0 aromatic heterocycles. The quantitative estimate of drug-likeness (QED) is 0.535. The summed E-state index contributed by atoms with van der Waals surface area (Å²) in [5, 5.41) is 0. The molecule has 4 nitrogen and oxygen atoms in total. The number of methoxy groups -OCH3 is 1. The summed E-state index contributed by atoms with van der Waals surface area (Å²) in [6, 6.07) is 13.0. The molecule has 32 heavy (non-hydrogen) atoms. The lowest BCUT2D eigenvalue weighted by molar-refractivity contribution is -0.172. The first-order chi connectivity index (χ1) is 15.1. The van der Waals surface area contributed by atoms with E-state index in [4.69, 9.17) is 4.74 Å². The van der Waals surface area contributed by atoms with Gasteiger partial charge in [0.05, 0.1) is 12.7 Å². The summed E-state index contributed by atoms with van der Waals surface area (Å²) in [6.45, 7) is 0. The summed E-state index contributed by atoms with van der Waals surface area (Å²) in [5.74, 6) is -2.55. The maximum atomic E-state index is 12.8. The number of carbonyl (C=O) groups is 3. The molecule has 168 valence electrons. The van der Waals surface area contributed by atoms with Gasteiger partial charge in [0, 0.05) is 18.3 Å². The summed E-state index contributed by atoms with van der Waals surface area (Å²) in [4.78, 5) is 36.3. The van der Waals surface area contributed by atoms with Crippen molar-refractivity contribution in [3.63, 3.8) is 0 Å². The molecule has 0 spiro atoms. The van der Waals surface area contributed by atoms with E-state index in [2.05, 4.69) is 0 Å². The lowest BCUT2D eigenvalue weighted by Crippen LogP contribution is -2.29. The average molecular weight is 444 g/mol. The van der Waals surface area contributed by atoms with E-state index in [1.807, 2.05) is 30.3 Å². The fraction of sp³-hybridized carbons (Fsp3) is 0.400. The predicted molar refractivity (Wildman–Crippen MR) is 111 cm³/mol. The van der Waals surface area contributed by atoms with Gasteiger partial charge in [-0.15, -0.1) is 0 Å². The molecule has 0 N–H and O–H groups in total. The zero-order valence-corrected chi connectivity index (χ0v) is 17.6. The fourth-order valence-corrected chi connectivity index (χ4v) is 4.66. The number of hydrogen-bond acceptors (Lipinski definition) is 4. The lowest BCUT2D eigenvalue weighted by atomic mass is 9.85. The Labute approximate surface area is 183 Å². The second-order valence-corrected chi connectivity index (χ2v) is 8.69. The third kappa shape index (κ3) is 4.20. The number of fused-ring (bicyclic) bond motifs is 1. The molecule has 0 amide bonds. The van der Waals surface area contributed by atoms with Crippen LogP contribution >= 0.6 is 0 Å². The van der Waals surface area contributed by atoms with E-state index in [-0.39, 0.29) is 18.1 Å². The van der Waals surface area contributed by atoms with E-state index >= 15 is 0 Å². The van der Waals surface area contributed by atoms with E-state index in [0.29, 0.717) is 18.4 Å². The minimum Gasteiger partial charge on any atom is -0.465 e. The first-order valence-electron chi connectivity index (χ1n) is 10.6. The Morgan fingerprint density at radius 1 is 1.09 bits per heavy atom. The fourth-order valence-electron chi connectivity index (χ4n) is 4.66. The predicted octanol–water partition coefficient (Wildman–Crippen LogP) is 5.43. The second kappa shape index (κ2) is 8.19. The number of carbonyl (C=O) groups excluding carboxylic acids is 3. The maximum absolute atomic E-state index is 12.8. The number of esters is 1. The van der Waals surface area contributed by atoms with Crippen molar-refractivity contribution >= 4 is 17.5 Å². The van der Waals surface area contributed by atoms with Crippen molar-refractivity contribution in [2.24, 2.45) is 5.41 Å². The molecule has 1 atom stereocenters. The first kappa shape index (κ1) is 22.2. The zero-order chi connectivity index (χ0) is 23.1. The van der Waals surface area contributed by atoms with Crippen molar-refractivity contribution < 1.29 is 32.3 Å². The van der Waals surface area contributed by atoms with Crippen LogP contribution in [0.15, 0.2) is 42.5 Å². The van der Waals surface area contributed by atoms with E-state index in [0.717, 1.165) is 35.1 Å². The minimum absolute atomic E-state index is 0.0686. The number of Topliss-reactive ketones (excluding diaryl/α,β-unsaturated/α-hetero) is 2. The zero-order valence-electron chi connectivity index (χ0n) is 17.6. The molecule has 7 heteroatoms. The molecule has 2 aromatic carbocycles. The van der Waals surface area contributed by atoms with Crippen molar-refractivity contribution in [3.05, 3.63) is 59.2 Å². The Hall–Kier alpha value is -2.96. The van der Waals surface area contributed by atoms with Crippen LogP contribution in [0.4, 0.5) is 13.2 Å². The van der Waals surface area contributed by atoms with Gasteiger partial charge in [0.15, 0.2) is 0 Å². The molecule has 4 rings (SSSR count). The highest BCUT2D eigenvalue weighted by Crippen LogP contribution is 2.53. The largest absolute Gasteiger partial charge is 0.465 e. The minimum atomic E-state index is -4.90. The third-order valence-electron chi connectivity index (χ3n) is 6.68. The molecule has 2 aliphatic carbocycles. The van der Waals surface area contributed by atoms with Gasteiger partial charge in [-0.05, 0) is 59.9 Å². The van der Waals surface area contributed by atoms with Gasteiger partial charge in [-0.25, -0.2) is 4.79 Å². The van der Waals surface area contributed by atoms with Gasteiger partial charge >= 0.3 is 12.1 Å². The van der Waals surface area contributed by atoms with Crippen LogP contribution in [0.25, 0.3) is 11.1 Å². The molecule has 2 aliphatic rings. The normalized spacial score (nSPS) is 18.7. The molecule has 1 unspecified atom stereocenters. The van der Waals surface area contributed by atoms with Gasteiger partial charge in [-0.2, -0.15) is 13.2 Å². The maximum Gasteiger partial charge on any atom is 0.450 e. The van der Waals surface area contributed by atoms with Gasteiger partial charge in [-0.3, -0.25) is 9.59 Å². The summed E-state index contributed by atoms with van der Waals surface area (Å²) in [7, 11) is 1.33. The molecule has 0 radical (unpaired) electrons. The molecule has 1 saturated carbocycles. The number of rotatable bonds is 7. The number of ether oxygens (including phenoxy) is 1. The number of ketones is 2. The second-order valence-electron chi connectivity index (χ2n) is 8.69. The van der Waals surface area contributed by atoms with Crippen molar-refractivity contribution in [1.82, 2.24) is 0 Å². The molecule has 2 aromatic rings. The Morgan fingerprint density at radius 2 is 1.81 bits per heavy atom. The highest BCUT2D eigenvalue weighted by molar-refractivity contribution is 5.97. The lowest BCUT2D eigenvalue weighted by Gasteiger charge is -2.18. The molecule has 1 fully saturated rings. The van der Waals surface area contributed by atoms with Crippen LogP contribution in [-0.4, -0.2) is 30.8 Å². The van der Waals surface area contributed by atoms with Crippen LogP contribution in [0.5, 0.6) is 0 Å². The molecule has 0 aliphatic heterocycles. The van der Waals surface area contributed by atoms with E-state index < -0.39 is 29.8 Å². The molecule has 0 heterocycles. The van der Waals surface area contributed by atoms with Gasteiger partial charge in [0.1, 0.15) is 5.78 Å². The highest BCUT2D eigenvalue weighted by atomic mass is 19.4. The number of halogens is 3. The molecular formula is C25H23F3O4. The summed E-state index contributed by atoms with van der Waals surface area (Å²) < 4.78 is 42.9. The number of aryl methyl sites for hydroxylation is 1. The van der Waals surface area contributed by atoms with Crippen LogP contribution in [-0.2, 0) is 20.7 Å². The summed E-state index contributed by atoms with van der Waals surface area (Å²) in [5.41, 5.74) is 3.03. The molecule has 0 bridgehead atoms. The third-order valence-corrected chi connectivity index (χ3v) is 6.68. The highest BCUT2D eigenvalue weighted by Gasteiger charge is 2.54. The number of hydrogen-bond donors (Lipinski definition) is 0. The number of alkyl halides is 3. The SMILES string of the molecule is COC(=O)c1ccccc1-c1ccc2c(c1)CCC2CC(=O)C1(CC(=O)C(F)(F)F)CC1. The Kier molecular flexibility index (Phi) is 5.69. The van der Waals surface area contributed by atoms with Gasteiger partial charge in [0.25, 0.3) is 0 Å². The van der Waals surface area contributed by atoms with Crippen LogP contribution < -0.4 is 0 Å². The standard InChI is InChI=1S/C25H23F3O4/c1-32-23(31)20-5-3-2-4-19(20)16-8-9-18-15(12-16)6-7-17(18)13-21(29)24(10-11-24)14-22(30)25(26,27)28/h2-5,8-9,12,17H,6-7,10-11,13-14H2,1H3. The monoisotopic (exact) mass is 444 g/mol. The van der Waals surface area contributed by atoms with E-state index in [9.17, 15) is 27.6 Å². The van der Waals surface area contributed by atoms with E-state index in [1.54, 1.807) is 12.1 Å². The van der Waals surface area contributed by atoms with E-state index in [1.165, 1.54) is 7.11 Å². The van der Waals surface area contributed by atoms with Gasteiger partial charge in [0.2, 0.25) is 5.78 Å². The Morgan fingerprint density at radius 3 is 2.47 bits per heavy atom. The topological polar surface area (TPSA) is 60.4 Å². The Bertz CT molecular complexity index is 1080. The van der Waals surface area contributed by atoms with Gasteiger partial charge in [-0.1, -0.05) is 36.4 Å². The summed E-state index contributed by atoms with van der Waals surface area (Å²) >= 11 is 0. The van der Waals surface area contributed by atoms with Crippen molar-refractivity contribution in [1.29, 1.82) is 0 Å². The van der Waals surface area contributed by atoms with Gasteiger partial charge < -0.3 is 4.74 Å². The Balaban J connectivity index is 1.51. The van der Waals surface area contributed by atoms with Crippen molar-refractivity contribution in [2.75, 3.05) is 7.11 Å². The van der Waals surface area contributed by atoms with Crippen LogP contribution in [0.1, 0.15) is 59.5 Å².